The van der Waals surface area contributed by atoms with Crippen molar-refractivity contribution in [3.05, 3.63) is 0 Å². The molecule has 1 saturated heterocycles. The number of likely N-dealkylation sites (tertiary alicyclic amines) is 1. The lowest BCUT2D eigenvalue weighted by molar-refractivity contribution is -0.137. The monoisotopic (exact) mass is 285 g/mol. The number of carbonyl (C=O) groups excluding carboxylic acids is 2. The van der Waals surface area contributed by atoms with E-state index in [-0.39, 0.29) is 24.5 Å². The van der Waals surface area contributed by atoms with E-state index in [0.717, 1.165) is 6.42 Å². The van der Waals surface area contributed by atoms with Crippen LogP contribution in [0.2, 0.25) is 0 Å². The van der Waals surface area contributed by atoms with E-state index in [9.17, 15) is 9.59 Å². The Kier molecular flexibility index (Phi) is 6.78. The third-order valence-electron chi connectivity index (χ3n) is 3.67. The highest BCUT2D eigenvalue weighted by atomic mass is 16.3. The number of nitrogens with zero attached hydrogens (tertiary/aromatic N) is 3. The standard InChI is InChI=1S/C14H27N3O3/c1-4-7-16(10-11-18)13(19)12-5-8-17(9-6-12)14(20)15(2)3/h12,18H,4-11H2,1-3H3. The molecule has 0 aromatic rings. The molecule has 1 fully saturated rings. The zero-order chi connectivity index (χ0) is 15.1. The van der Waals surface area contributed by atoms with Crippen molar-refractivity contribution in [3.63, 3.8) is 0 Å². The highest BCUT2D eigenvalue weighted by Gasteiger charge is 2.30. The van der Waals surface area contributed by atoms with E-state index in [4.69, 9.17) is 5.11 Å². The van der Waals surface area contributed by atoms with Gasteiger partial charge >= 0.3 is 6.03 Å². The second-order valence-corrected chi connectivity index (χ2v) is 5.49. The number of hydrogen-bond acceptors (Lipinski definition) is 3. The van der Waals surface area contributed by atoms with Gasteiger partial charge in [0.05, 0.1) is 6.61 Å². The molecule has 1 heterocycles. The van der Waals surface area contributed by atoms with E-state index in [0.29, 0.717) is 39.0 Å². The Hall–Kier alpha value is -1.30. The van der Waals surface area contributed by atoms with Gasteiger partial charge in [0, 0.05) is 46.2 Å². The average Bonchev–Trinajstić information content (AvgIpc) is 2.45. The number of carbonyl (C=O) groups is 2. The molecule has 0 aromatic heterocycles. The van der Waals surface area contributed by atoms with Crippen LogP contribution in [-0.4, -0.2) is 78.6 Å². The second kappa shape index (κ2) is 8.09. The summed E-state index contributed by atoms with van der Waals surface area (Å²) in [4.78, 5) is 29.3. The molecule has 0 spiro atoms. The molecular weight excluding hydrogens is 258 g/mol. The number of amides is 3. The lowest BCUT2D eigenvalue weighted by atomic mass is 9.95. The maximum Gasteiger partial charge on any atom is 0.319 e. The topological polar surface area (TPSA) is 64.1 Å². The van der Waals surface area contributed by atoms with E-state index in [1.54, 1.807) is 28.8 Å². The van der Waals surface area contributed by atoms with Crippen molar-refractivity contribution in [2.75, 3.05) is 46.9 Å². The molecule has 116 valence electrons. The highest BCUT2D eigenvalue weighted by Crippen LogP contribution is 2.20. The fourth-order valence-electron chi connectivity index (χ4n) is 2.58. The first-order valence-corrected chi connectivity index (χ1v) is 7.37. The zero-order valence-electron chi connectivity index (χ0n) is 12.8. The molecule has 1 rings (SSSR count). The first kappa shape index (κ1) is 16.8. The largest absolute Gasteiger partial charge is 0.395 e. The molecule has 0 atom stereocenters. The van der Waals surface area contributed by atoms with Gasteiger partial charge in [-0.15, -0.1) is 0 Å². The molecule has 6 heteroatoms. The Morgan fingerprint density at radius 3 is 2.25 bits per heavy atom. The van der Waals surface area contributed by atoms with Crippen LogP contribution in [0.5, 0.6) is 0 Å². The fraction of sp³-hybridized carbons (Fsp3) is 0.857. The molecule has 0 radical (unpaired) electrons. The number of aliphatic hydroxyl groups excluding tert-OH is 1. The first-order valence-electron chi connectivity index (χ1n) is 7.37. The summed E-state index contributed by atoms with van der Waals surface area (Å²) in [7, 11) is 3.48. The van der Waals surface area contributed by atoms with Gasteiger partial charge in [0.2, 0.25) is 5.91 Å². The summed E-state index contributed by atoms with van der Waals surface area (Å²) in [5, 5.41) is 9.03. The lowest BCUT2D eigenvalue weighted by Gasteiger charge is -2.35. The van der Waals surface area contributed by atoms with E-state index in [2.05, 4.69) is 0 Å². The van der Waals surface area contributed by atoms with Crippen LogP contribution in [0.25, 0.3) is 0 Å². The number of urea groups is 1. The molecule has 1 aliphatic rings. The smallest absolute Gasteiger partial charge is 0.319 e. The maximum absolute atomic E-state index is 12.4. The Bertz CT molecular complexity index is 320. The van der Waals surface area contributed by atoms with Gasteiger partial charge in [-0.25, -0.2) is 4.79 Å². The Morgan fingerprint density at radius 1 is 1.20 bits per heavy atom. The summed E-state index contributed by atoms with van der Waals surface area (Å²) < 4.78 is 0. The molecular formula is C14H27N3O3. The van der Waals surface area contributed by atoms with E-state index < -0.39 is 0 Å². The minimum absolute atomic E-state index is 0.00367. The van der Waals surface area contributed by atoms with Gasteiger partial charge in [0.25, 0.3) is 0 Å². The maximum atomic E-state index is 12.4. The van der Waals surface area contributed by atoms with E-state index in [1.165, 1.54) is 0 Å². The summed E-state index contributed by atoms with van der Waals surface area (Å²) in [5.74, 6) is 0.108. The van der Waals surface area contributed by atoms with Gasteiger partial charge in [-0.05, 0) is 19.3 Å². The predicted octanol–water partition coefficient (Wildman–Crippen LogP) is 0.611. The minimum Gasteiger partial charge on any atom is -0.395 e. The molecule has 0 unspecified atom stereocenters. The number of aliphatic hydroxyl groups is 1. The minimum atomic E-state index is -0.0145. The molecule has 20 heavy (non-hydrogen) atoms. The third-order valence-corrected chi connectivity index (χ3v) is 3.67. The fourth-order valence-corrected chi connectivity index (χ4v) is 2.58. The van der Waals surface area contributed by atoms with Gasteiger partial charge in [-0.2, -0.15) is 0 Å². The van der Waals surface area contributed by atoms with Crippen LogP contribution in [0.4, 0.5) is 4.79 Å². The average molecular weight is 285 g/mol. The summed E-state index contributed by atoms with van der Waals surface area (Å²) in [6.45, 7) is 4.39. The van der Waals surface area contributed by atoms with Crippen LogP contribution in [0.1, 0.15) is 26.2 Å². The SMILES string of the molecule is CCCN(CCO)C(=O)C1CCN(C(=O)N(C)C)CC1. The molecule has 0 aliphatic carbocycles. The van der Waals surface area contributed by atoms with Crippen molar-refractivity contribution in [1.29, 1.82) is 0 Å². The molecule has 0 bridgehead atoms. The summed E-state index contributed by atoms with van der Waals surface area (Å²) in [5.41, 5.74) is 0. The lowest BCUT2D eigenvalue weighted by Crippen LogP contribution is -2.47. The summed E-state index contributed by atoms with van der Waals surface area (Å²) in [6.07, 6.45) is 2.32. The van der Waals surface area contributed by atoms with Crippen molar-refractivity contribution in [2.45, 2.75) is 26.2 Å². The van der Waals surface area contributed by atoms with Crippen LogP contribution in [-0.2, 0) is 4.79 Å². The van der Waals surface area contributed by atoms with Crippen molar-refractivity contribution in [1.82, 2.24) is 14.7 Å². The number of piperidine rings is 1. The van der Waals surface area contributed by atoms with Gasteiger partial charge in [0.15, 0.2) is 0 Å². The van der Waals surface area contributed by atoms with Crippen molar-refractivity contribution < 1.29 is 14.7 Å². The molecule has 1 N–H and O–H groups in total. The Morgan fingerprint density at radius 2 is 1.80 bits per heavy atom. The Balaban J connectivity index is 2.51. The van der Waals surface area contributed by atoms with Gasteiger partial charge < -0.3 is 19.8 Å². The number of rotatable bonds is 5. The summed E-state index contributed by atoms with van der Waals surface area (Å²) >= 11 is 0. The normalized spacial score (nSPS) is 16.1. The number of hydrogen-bond donors (Lipinski definition) is 1. The van der Waals surface area contributed by atoms with Crippen LogP contribution < -0.4 is 0 Å². The van der Waals surface area contributed by atoms with E-state index >= 15 is 0 Å². The molecule has 1 aliphatic heterocycles. The van der Waals surface area contributed by atoms with Crippen LogP contribution in [0, 0.1) is 5.92 Å². The van der Waals surface area contributed by atoms with Gasteiger partial charge in [-0.1, -0.05) is 6.92 Å². The second-order valence-electron chi connectivity index (χ2n) is 5.49. The van der Waals surface area contributed by atoms with Crippen molar-refractivity contribution in [3.8, 4) is 0 Å². The van der Waals surface area contributed by atoms with Crippen molar-refractivity contribution in [2.24, 2.45) is 5.92 Å². The predicted molar refractivity (Wildman–Crippen MR) is 77.3 cm³/mol. The van der Waals surface area contributed by atoms with E-state index in [1.807, 2.05) is 6.92 Å². The van der Waals surface area contributed by atoms with Gasteiger partial charge in [0.1, 0.15) is 0 Å². The first-order chi connectivity index (χ1) is 9.51. The van der Waals surface area contributed by atoms with Gasteiger partial charge in [-0.3, -0.25) is 4.79 Å². The van der Waals surface area contributed by atoms with Crippen LogP contribution in [0.3, 0.4) is 0 Å². The quantitative estimate of drug-likeness (QED) is 0.805. The third kappa shape index (κ3) is 4.37. The zero-order valence-corrected chi connectivity index (χ0v) is 12.8. The van der Waals surface area contributed by atoms with Crippen molar-refractivity contribution >= 4 is 11.9 Å². The molecule has 0 saturated carbocycles. The highest BCUT2D eigenvalue weighted by molar-refractivity contribution is 5.79. The van der Waals surface area contributed by atoms with Crippen LogP contribution >= 0.6 is 0 Å². The Labute approximate surface area is 121 Å². The molecule has 0 aromatic carbocycles. The summed E-state index contributed by atoms with van der Waals surface area (Å²) in [6, 6.07) is 0.0108. The van der Waals surface area contributed by atoms with Crippen LogP contribution in [0.15, 0.2) is 0 Å². The molecule has 6 nitrogen and oxygen atoms in total. The molecule has 3 amide bonds.